The van der Waals surface area contributed by atoms with Crippen LogP contribution in [-0.2, 0) is 4.79 Å². The minimum atomic E-state index is -1.43. The first kappa shape index (κ1) is 22.2. The van der Waals surface area contributed by atoms with Crippen molar-refractivity contribution in [1.29, 1.82) is 0 Å². The number of nitrogens with zero attached hydrogens (tertiary/aromatic N) is 3. The zero-order chi connectivity index (χ0) is 19.6. The van der Waals surface area contributed by atoms with E-state index in [1.165, 1.54) is 19.6 Å². The van der Waals surface area contributed by atoms with E-state index in [1.807, 2.05) is 0 Å². The SMILES string of the molecule is CCN(CC)CC.O=C(O)COc1cc(F)c([N+](=O)[O-])cc1[N+](=O)[O-]. The van der Waals surface area contributed by atoms with Gasteiger partial charge in [0.1, 0.15) is 6.07 Å². The van der Waals surface area contributed by atoms with Crippen LogP contribution < -0.4 is 4.74 Å². The summed E-state index contributed by atoms with van der Waals surface area (Å²) in [5.41, 5.74) is -1.98. The zero-order valence-corrected chi connectivity index (χ0v) is 14.1. The Morgan fingerprint density at radius 2 is 1.60 bits per heavy atom. The molecule has 0 aliphatic carbocycles. The van der Waals surface area contributed by atoms with Gasteiger partial charge in [-0.2, -0.15) is 4.39 Å². The van der Waals surface area contributed by atoms with Gasteiger partial charge in [-0.25, -0.2) is 4.79 Å². The lowest BCUT2D eigenvalue weighted by Crippen LogP contribution is -2.21. The maximum absolute atomic E-state index is 13.2. The number of carboxylic acid groups (broad SMARTS) is 1. The summed E-state index contributed by atoms with van der Waals surface area (Å²) in [4.78, 5) is 31.4. The number of aliphatic carboxylic acids is 1. The third-order valence-corrected chi connectivity index (χ3v) is 3.11. The van der Waals surface area contributed by atoms with Gasteiger partial charge in [-0.3, -0.25) is 20.2 Å². The van der Waals surface area contributed by atoms with Crippen LogP contribution in [0, 0.1) is 26.0 Å². The third-order valence-electron chi connectivity index (χ3n) is 3.11. The normalized spacial score (nSPS) is 9.96. The van der Waals surface area contributed by atoms with Gasteiger partial charge in [0.2, 0.25) is 11.6 Å². The number of halogens is 1. The van der Waals surface area contributed by atoms with Gasteiger partial charge < -0.3 is 14.7 Å². The summed E-state index contributed by atoms with van der Waals surface area (Å²) in [6, 6.07) is 0.770. The first-order valence-corrected chi connectivity index (χ1v) is 7.37. The second-order valence-corrected chi connectivity index (χ2v) is 4.59. The topological polar surface area (TPSA) is 136 Å². The first-order valence-electron chi connectivity index (χ1n) is 7.37. The van der Waals surface area contributed by atoms with Crippen LogP contribution in [0.2, 0.25) is 0 Å². The maximum Gasteiger partial charge on any atom is 0.341 e. The quantitative estimate of drug-likeness (QED) is 0.551. The Hall–Kier alpha value is -2.82. The van der Waals surface area contributed by atoms with E-state index in [-0.39, 0.29) is 0 Å². The van der Waals surface area contributed by atoms with Crippen molar-refractivity contribution < 1.29 is 28.9 Å². The van der Waals surface area contributed by atoms with E-state index in [0.29, 0.717) is 12.1 Å². The minimum absolute atomic E-state index is 0.368. The number of carboxylic acids is 1. The van der Waals surface area contributed by atoms with Gasteiger partial charge in [-0.15, -0.1) is 0 Å². The van der Waals surface area contributed by atoms with Gasteiger partial charge in [0.05, 0.1) is 9.85 Å². The van der Waals surface area contributed by atoms with Crippen molar-refractivity contribution in [1.82, 2.24) is 4.90 Å². The predicted molar refractivity (Wildman–Crippen MR) is 86.3 cm³/mol. The number of rotatable bonds is 8. The number of carbonyl (C=O) groups is 1. The molecule has 0 aromatic heterocycles. The second-order valence-electron chi connectivity index (χ2n) is 4.59. The van der Waals surface area contributed by atoms with E-state index in [1.54, 1.807) is 0 Å². The van der Waals surface area contributed by atoms with Crippen LogP contribution in [0.1, 0.15) is 20.8 Å². The highest BCUT2D eigenvalue weighted by molar-refractivity contribution is 5.69. The van der Waals surface area contributed by atoms with Crippen molar-refractivity contribution in [2.24, 2.45) is 0 Å². The van der Waals surface area contributed by atoms with E-state index >= 15 is 0 Å². The summed E-state index contributed by atoms with van der Waals surface area (Å²) in [6.07, 6.45) is 0. The molecule has 0 aliphatic heterocycles. The van der Waals surface area contributed by atoms with E-state index in [4.69, 9.17) is 5.11 Å². The van der Waals surface area contributed by atoms with Crippen LogP contribution >= 0.6 is 0 Å². The minimum Gasteiger partial charge on any atom is -0.479 e. The molecule has 1 N–H and O–H groups in total. The monoisotopic (exact) mass is 361 g/mol. The lowest BCUT2D eigenvalue weighted by Gasteiger charge is -2.13. The Balaban J connectivity index is 0.000000697. The summed E-state index contributed by atoms with van der Waals surface area (Å²) in [5.74, 6) is -3.47. The van der Waals surface area contributed by atoms with Crippen molar-refractivity contribution >= 4 is 17.3 Å². The van der Waals surface area contributed by atoms with Gasteiger partial charge in [-0.05, 0) is 19.6 Å². The van der Waals surface area contributed by atoms with Crippen LogP contribution in [0.3, 0.4) is 0 Å². The number of benzene rings is 1. The number of ether oxygens (including phenoxy) is 1. The van der Waals surface area contributed by atoms with E-state index in [2.05, 4.69) is 30.4 Å². The molecule has 0 amide bonds. The smallest absolute Gasteiger partial charge is 0.341 e. The van der Waals surface area contributed by atoms with Gasteiger partial charge in [0.15, 0.2) is 6.61 Å². The van der Waals surface area contributed by atoms with E-state index < -0.39 is 45.4 Å². The fourth-order valence-electron chi connectivity index (χ4n) is 1.74. The van der Waals surface area contributed by atoms with Crippen LogP contribution in [-0.4, -0.2) is 52.1 Å². The van der Waals surface area contributed by atoms with E-state index in [0.717, 1.165) is 0 Å². The molecule has 1 aromatic rings. The number of nitro groups is 2. The van der Waals surface area contributed by atoms with Crippen molar-refractivity contribution in [3.63, 3.8) is 0 Å². The average Bonchev–Trinajstić information content (AvgIpc) is 2.54. The second kappa shape index (κ2) is 10.9. The highest BCUT2D eigenvalue weighted by atomic mass is 19.1. The third kappa shape index (κ3) is 7.52. The average molecular weight is 361 g/mol. The standard InChI is InChI=1S/C8H5FN2O7.C6H15N/c9-4-1-7(18-3-8(12)13)6(11(16)17)2-5(4)10(14)15;1-4-7(5-2)6-3/h1-2H,3H2,(H,12,13);4-6H2,1-3H3. The molecule has 0 atom stereocenters. The largest absolute Gasteiger partial charge is 0.479 e. The highest BCUT2D eigenvalue weighted by Gasteiger charge is 2.26. The molecule has 0 fully saturated rings. The Bertz CT molecular complexity index is 615. The molecule has 0 saturated carbocycles. The number of nitro benzene ring substituents is 2. The molecular formula is C14H20FN3O7. The maximum atomic E-state index is 13.2. The lowest BCUT2D eigenvalue weighted by molar-refractivity contribution is -0.396. The van der Waals surface area contributed by atoms with Crippen LogP contribution in [0.15, 0.2) is 12.1 Å². The number of hydrogen-bond donors (Lipinski definition) is 1. The van der Waals surface area contributed by atoms with Crippen LogP contribution in [0.5, 0.6) is 5.75 Å². The molecule has 0 heterocycles. The Morgan fingerprint density at radius 3 is 1.92 bits per heavy atom. The molecule has 0 radical (unpaired) electrons. The lowest BCUT2D eigenvalue weighted by atomic mass is 10.2. The van der Waals surface area contributed by atoms with E-state index in [9.17, 15) is 29.4 Å². The molecule has 140 valence electrons. The molecule has 10 nitrogen and oxygen atoms in total. The fraction of sp³-hybridized carbons (Fsp3) is 0.500. The Morgan fingerprint density at radius 1 is 1.12 bits per heavy atom. The molecular weight excluding hydrogens is 341 g/mol. The molecule has 11 heteroatoms. The summed E-state index contributed by atoms with van der Waals surface area (Å²) in [5, 5.41) is 29.3. The molecule has 0 spiro atoms. The molecule has 0 saturated heterocycles. The molecule has 0 bridgehead atoms. The van der Waals surface area contributed by atoms with Crippen molar-refractivity contribution in [2.45, 2.75) is 20.8 Å². The highest BCUT2D eigenvalue weighted by Crippen LogP contribution is 2.33. The summed E-state index contributed by atoms with van der Waals surface area (Å²) in [6.45, 7) is 9.19. The van der Waals surface area contributed by atoms with Crippen LogP contribution in [0.4, 0.5) is 15.8 Å². The molecule has 1 aromatic carbocycles. The fourth-order valence-corrected chi connectivity index (χ4v) is 1.74. The molecule has 1 rings (SSSR count). The van der Waals surface area contributed by atoms with Gasteiger partial charge in [0.25, 0.3) is 0 Å². The molecule has 0 aliphatic rings. The Labute approximate surface area is 143 Å². The summed E-state index contributed by atoms with van der Waals surface area (Å²) in [7, 11) is 0. The van der Waals surface area contributed by atoms with Crippen molar-refractivity contribution in [2.75, 3.05) is 26.2 Å². The first-order chi connectivity index (χ1) is 11.7. The summed E-state index contributed by atoms with van der Waals surface area (Å²) >= 11 is 0. The molecule has 25 heavy (non-hydrogen) atoms. The summed E-state index contributed by atoms with van der Waals surface area (Å²) < 4.78 is 17.6. The molecule has 0 unspecified atom stereocenters. The van der Waals surface area contributed by atoms with Gasteiger partial charge >= 0.3 is 17.3 Å². The number of hydrogen-bond acceptors (Lipinski definition) is 7. The van der Waals surface area contributed by atoms with Crippen LogP contribution in [0.25, 0.3) is 0 Å². The van der Waals surface area contributed by atoms with Gasteiger partial charge in [0, 0.05) is 6.07 Å². The van der Waals surface area contributed by atoms with Crippen molar-refractivity contribution in [3.05, 3.63) is 38.2 Å². The van der Waals surface area contributed by atoms with Gasteiger partial charge in [-0.1, -0.05) is 20.8 Å². The predicted octanol–water partition coefficient (Wildman–Crippen LogP) is 2.45. The van der Waals surface area contributed by atoms with Crippen molar-refractivity contribution in [3.8, 4) is 5.75 Å². The Kier molecular flexibility index (Phi) is 9.64. The zero-order valence-electron chi connectivity index (χ0n) is 14.1.